The molecule has 0 saturated carbocycles. The van der Waals surface area contributed by atoms with Gasteiger partial charge in [0.2, 0.25) is 0 Å². The molecule has 2 N–H and O–H groups in total. The first-order valence-corrected chi connectivity index (χ1v) is 5.34. The van der Waals surface area contributed by atoms with Crippen molar-refractivity contribution in [2.24, 2.45) is 0 Å². The zero-order chi connectivity index (χ0) is 11.1. The lowest BCUT2D eigenvalue weighted by molar-refractivity contribution is 0.307. The Morgan fingerprint density at radius 3 is 2.67 bits per heavy atom. The largest absolute Gasteiger partial charge is 0.497 e. The van der Waals surface area contributed by atoms with Crippen molar-refractivity contribution >= 4 is 5.69 Å². The maximum Gasteiger partial charge on any atom is 0.142 e. The topological polar surface area (TPSA) is 44.5 Å². The molecule has 0 aliphatic carbocycles. The summed E-state index contributed by atoms with van der Waals surface area (Å²) in [5.74, 6) is 1.50. The second-order valence-corrected chi connectivity index (χ2v) is 3.46. The van der Waals surface area contributed by atoms with E-state index >= 15 is 0 Å². The highest BCUT2D eigenvalue weighted by Crippen LogP contribution is 2.26. The van der Waals surface area contributed by atoms with Gasteiger partial charge in [-0.15, -0.1) is 0 Å². The standard InChI is InChI=1S/C12H19NO2/c1-3-4-5-8-15-12-7-6-10(14-2)9-11(12)13/h6-7,9H,3-5,8,13H2,1-2H3. The average Bonchev–Trinajstić information content (AvgIpc) is 2.26. The van der Waals surface area contributed by atoms with Crippen LogP contribution in [0.2, 0.25) is 0 Å². The number of methoxy groups -OCH3 is 1. The van der Waals surface area contributed by atoms with E-state index in [9.17, 15) is 0 Å². The predicted octanol–water partition coefficient (Wildman–Crippen LogP) is 2.85. The molecular weight excluding hydrogens is 190 g/mol. The van der Waals surface area contributed by atoms with Crippen molar-refractivity contribution in [2.45, 2.75) is 26.2 Å². The molecule has 0 saturated heterocycles. The molecule has 0 amide bonds. The molecule has 0 unspecified atom stereocenters. The highest BCUT2D eigenvalue weighted by molar-refractivity contribution is 5.56. The van der Waals surface area contributed by atoms with Gasteiger partial charge in [0.1, 0.15) is 11.5 Å². The van der Waals surface area contributed by atoms with Crippen LogP contribution in [0.15, 0.2) is 18.2 Å². The van der Waals surface area contributed by atoms with E-state index in [0.717, 1.165) is 24.5 Å². The number of anilines is 1. The van der Waals surface area contributed by atoms with Crippen molar-refractivity contribution in [3.8, 4) is 11.5 Å². The Kier molecular flexibility index (Phi) is 4.81. The molecule has 0 fully saturated rings. The van der Waals surface area contributed by atoms with Crippen LogP contribution < -0.4 is 15.2 Å². The Morgan fingerprint density at radius 1 is 1.27 bits per heavy atom. The normalized spacial score (nSPS) is 10.0. The molecule has 0 spiro atoms. The first-order valence-electron chi connectivity index (χ1n) is 5.34. The summed E-state index contributed by atoms with van der Waals surface area (Å²) in [5.41, 5.74) is 6.44. The molecule has 0 bridgehead atoms. The maximum absolute atomic E-state index is 5.81. The highest BCUT2D eigenvalue weighted by atomic mass is 16.5. The number of hydrogen-bond acceptors (Lipinski definition) is 3. The second-order valence-electron chi connectivity index (χ2n) is 3.46. The molecule has 1 rings (SSSR count). The molecule has 1 aromatic carbocycles. The number of unbranched alkanes of at least 4 members (excludes halogenated alkanes) is 2. The van der Waals surface area contributed by atoms with Gasteiger partial charge in [-0.25, -0.2) is 0 Å². The fourth-order valence-electron chi connectivity index (χ4n) is 1.32. The van der Waals surface area contributed by atoms with Gasteiger partial charge in [-0.3, -0.25) is 0 Å². The van der Waals surface area contributed by atoms with E-state index in [1.54, 1.807) is 13.2 Å². The number of benzene rings is 1. The second kappa shape index (κ2) is 6.17. The minimum absolute atomic E-state index is 0.630. The van der Waals surface area contributed by atoms with Crippen molar-refractivity contribution in [2.75, 3.05) is 19.5 Å². The van der Waals surface area contributed by atoms with Gasteiger partial charge in [-0.1, -0.05) is 19.8 Å². The van der Waals surface area contributed by atoms with Crippen LogP contribution in [0.3, 0.4) is 0 Å². The SMILES string of the molecule is CCCCCOc1ccc(OC)cc1N. The Hall–Kier alpha value is -1.38. The quantitative estimate of drug-likeness (QED) is 0.578. The molecule has 3 heteroatoms. The van der Waals surface area contributed by atoms with E-state index in [2.05, 4.69) is 6.92 Å². The molecule has 0 radical (unpaired) electrons. The fraction of sp³-hybridized carbons (Fsp3) is 0.500. The molecule has 0 aromatic heterocycles. The lowest BCUT2D eigenvalue weighted by Crippen LogP contribution is -2.00. The summed E-state index contributed by atoms with van der Waals surface area (Å²) in [6.07, 6.45) is 3.46. The third-order valence-corrected chi connectivity index (χ3v) is 2.22. The molecule has 0 atom stereocenters. The summed E-state index contributed by atoms with van der Waals surface area (Å²) >= 11 is 0. The van der Waals surface area contributed by atoms with Crippen molar-refractivity contribution in [1.82, 2.24) is 0 Å². The zero-order valence-corrected chi connectivity index (χ0v) is 9.45. The molecule has 1 aromatic rings. The van der Waals surface area contributed by atoms with Gasteiger partial charge in [0.25, 0.3) is 0 Å². The minimum Gasteiger partial charge on any atom is -0.497 e. The summed E-state index contributed by atoms with van der Waals surface area (Å²) in [6, 6.07) is 5.47. The lowest BCUT2D eigenvalue weighted by atomic mass is 10.2. The molecule has 3 nitrogen and oxygen atoms in total. The van der Waals surface area contributed by atoms with Gasteiger partial charge in [-0.2, -0.15) is 0 Å². The fourth-order valence-corrected chi connectivity index (χ4v) is 1.32. The number of rotatable bonds is 6. The van der Waals surface area contributed by atoms with Crippen LogP contribution in [0.25, 0.3) is 0 Å². The van der Waals surface area contributed by atoms with E-state index in [1.165, 1.54) is 12.8 Å². The highest BCUT2D eigenvalue weighted by Gasteiger charge is 2.01. The van der Waals surface area contributed by atoms with Gasteiger partial charge in [-0.05, 0) is 18.6 Å². The van der Waals surface area contributed by atoms with Gasteiger partial charge in [0.05, 0.1) is 19.4 Å². The van der Waals surface area contributed by atoms with Crippen molar-refractivity contribution in [3.05, 3.63) is 18.2 Å². The Labute approximate surface area is 91.2 Å². The van der Waals surface area contributed by atoms with E-state index in [1.807, 2.05) is 12.1 Å². The number of nitrogens with two attached hydrogens (primary N) is 1. The summed E-state index contributed by atoms with van der Waals surface area (Å²) in [4.78, 5) is 0. The van der Waals surface area contributed by atoms with Gasteiger partial charge < -0.3 is 15.2 Å². The smallest absolute Gasteiger partial charge is 0.142 e. The van der Waals surface area contributed by atoms with Crippen molar-refractivity contribution in [3.63, 3.8) is 0 Å². The van der Waals surface area contributed by atoms with Crippen LogP contribution in [0, 0.1) is 0 Å². The van der Waals surface area contributed by atoms with Gasteiger partial charge in [0, 0.05) is 6.07 Å². The van der Waals surface area contributed by atoms with Crippen molar-refractivity contribution < 1.29 is 9.47 Å². The van der Waals surface area contributed by atoms with Crippen molar-refractivity contribution in [1.29, 1.82) is 0 Å². The maximum atomic E-state index is 5.81. The monoisotopic (exact) mass is 209 g/mol. The first kappa shape index (κ1) is 11.7. The van der Waals surface area contributed by atoms with Crippen LogP contribution in [-0.2, 0) is 0 Å². The van der Waals surface area contributed by atoms with Crippen LogP contribution in [0.1, 0.15) is 26.2 Å². The third-order valence-electron chi connectivity index (χ3n) is 2.22. The molecule has 84 valence electrons. The average molecular weight is 209 g/mol. The summed E-state index contributed by atoms with van der Waals surface area (Å²) in [7, 11) is 1.62. The Morgan fingerprint density at radius 2 is 2.07 bits per heavy atom. The van der Waals surface area contributed by atoms with Crippen LogP contribution in [0.4, 0.5) is 5.69 Å². The zero-order valence-electron chi connectivity index (χ0n) is 9.45. The van der Waals surface area contributed by atoms with E-state index in [4.69, 9.17) is 15.2 Å². The van der Waals surface area contributed by atoms with Crippen LogP contribution >= 0.6 is 0 Å². The summed E-state index contributed by atoms with van der Waals surface area (Å²) in [6.45, 7) is 2.89. The third kappa shape index (κ3) is 3.70. The summed E-state index contributed by atoms with van der Waals surface area (Å²) < 4.78 is 10.6. The van der Waals surface area contributed by atoms with Crippen LogP contribution in [-0.4, -0.2) is 13.7 Å². The molecule has 0 aliphatic rings. The van der Waals surface area contributed by atoms with Crippen LogP contribution in [0.5, 0.6) is 11.5 Å². The van der Waals surface area contributed by atoms with E-state index in [-0.39, 0.29) is 0 Å². The predicted molar refractivity (Wildman–Crippen MR) is 62.4 cm³/mol. The van der Waals surface area contributed by atoms with E-state index in [0.29, 0.717) is 5.69 Å². The van der Waals surface area contributed by atoms with Gasteiger partial charge >= 0.3 is 0 Å². The molecular formula is C12H19NO2. The Balaban J connectivity index is 2.47. The first-order chi connectivity index (χ1) is 7.27. The number of hydrogen-bond donors (Lipinski definition) is 1. The molecule has 0 heterocycles. The summed E-state index contributed by atoms with van der Waals surface area (Å²) in [5, 5.41) is 0. The molecule has 0 aliphatic heterocycles. The number of nitrogen functional groups attached to an aromatic ring is 1. The van der Waals surface area contributed by atoms with E-state index < -0.39 is 0 Å². The van der Waals surface area contributed by atoms with Gasteiger partial charge in [0.15, 0.2) is 0 Å². The number of ether oxygens (including phenoxy) is 2. The lowest BCUT2D eigenvalue weighted by Gasteiger charge is -2.09. The molecule has 15 heavy (non-hydrogen) atoms. The Bertz CT molecular complexity index is 300. The minimum atomic E-state index is 0.630.